The van der Waals surface area contributed by atoms with Gasteiger partial charge in [0.2, 0.25) is 11.8 Å². The molecular weight excluding hydrogens is 323 g/mol. The van der Waals surface area contributed by atoms with Crippen molar-refractivity contribution in [2.45, 2.75) is 12.8 Å². The first kappa shape index (κ1) is 18.4. The van der Waals surface area contributed by atoms with Crippen LogP contribution in [0.5, 0.6) is 5.75 Å². The minimum atomic E-state index is -0.371. The van der Waals surface area contributed by atoms with E-state index in [0.717, 1.165) is 11.3 Å². The van der Waals surface area contributed by atoms with Crippen molar-refractivity contribution in [2.75, 3.05) is 26.0 Å². The summed E-state index contributed by atoms with van der Waals surface area (Å²) in [7, 11) is 3.19. The summed E-state index contributed by atoms with van der Waals surface area (Å²) in [4.78, 5) is 25.5. The number of hydrogen-bond acceptors (Lipinski definition) is 3. The molecule has 0 unspecified atom stereocenters. The fourth-order valence-corrected chi connectivity index (χ4v) is 2.27. The van der Waals surface area contributed by atoms with Gasteiger partial charge in [-0.25, -0.2) is 4.39 Å². The molecule has 25 heavy (non-hydrogen) atoms. The third-order valence-electron chi connectivity index (χ3n) is 3.72. The normalized spacial score (nSPS) is 10.2. The highest BCUT2D eigenvalue weighted by molar-refractivity contribution is 5.94. The molecule has 0 spiro atoms. The summed E-state index contributed by atoms with van der Waals surface area (Å²) in [5.74, 6) is -0.0505. The van der Waals surface area contributed by atoms with Gasteiger partial charge in [-0.2, -0.15) is 0 Å². The molecule has 0 aromatic heterocycles. The molecule has 0 aliphatic heterocycles. The molecule has 132 valence electrons. The lowest BCUT2D eigenvalue weighted by molar-refractivity contribution is -0.133. The molecular formula is C19H21FN2O3. The van der Waals surface area contributed by atoms with E-state index in [2.05, 4.69) is 5.32 Å². The van der Waals surface area contributed by atoms with Crippen molar-refractivity contribution in [3.63, 3.8) is 0 Å². The molecule has 0 aliphatic rings. The summed E-state index contributed by atoms with van der Waals surface area (Å²) in [6.07, 6.45) is 0.902. The van der Waals surface area contributed by atoms with Crippen molar-refractivity contribution >= 4 is 17.5 Å². The zero-order valence-corrected chi connectivity index (χ0v) is 14.3. The van der Waals surface area contributed by atoms with Crippen LogP contribution >= 0.6 is 0 Å². The smallest absolute Gasteiger partial charge is 0.243 e. The Morgan fingerprint density at radius 2 is 1.72 bits per heavy atom. The first-order chi connectivity index (χ1) is 12.0. The number of methoxy groups -OCH3 is 1. The van der Waals surface area contributed by atoms with Crippen LogP contribution in [-0.4, -0.2) is 37.4 Å². The number of likely N-dealkylation sites (N-methyl/N-ethyl adjacent to an activating group) is 1. The van der Waals surface area contributed by atoms with Gasteiger partial charge in [-0.1, -0.05) is 12.1 Å². The predicted octanol–water partition coefficient (Wildman–Crippen LogP) is 2.86. The Kier molecular flexibility index (Phi) is 6.51. The van der Waals surface area contributed by atoms with Gasteiger partial charge in [0.05, 0.1) is 13.7 Å². The topological polar surface area (TPSA) is 58.6 Å². The van der Waals surface area contributed by atoms with Crippen molar-refractivity contribution < 1.29 is 18.7 Å². The first-order valence-electron chi connectivity index (χ1n) is 7.90. The summed E-state index contributed by atoms with van der Waals surface area (Å²) in [5, 5.41) is 2.63. The van der Waals surface area contributed by atoms with Crippen LogP contribution in [0.4, 0.5) is 10.1 Å². The minimum absolute atomic E-state index is 0.0567. The van der Waals surface area contributed by atoms with Crippen molar-refractivity contribution in [2.24, 2.45) is 0 Å². The van der Waals surface area contributed by atoms with E-state index in [1.165, 1.54) is 29.2 Å². The Morgan fingerprint density at radius 3 is 2.32 bits per heavy atom. The third kappa shape index (κ3) is 5.91. The average molecular weight is 344 g/mol. The number of rotatable bonds is 7. The van der Waals surface area contributed by atoms with E-state index in [4.69, 9.17) is 4.74 Å². The van der Waals surface area contributed by atoms with Crippen LogP contribution in [0.3, 0.4) is 0 Å². The highest BCUT2D eigenvalue weighted by atomic mass is 19.1. The lowest BCUT2D eigenvalue weighted by Gasteiger charge is -2.17. The van der Waals surface area contributed by atoms with E-state index in [1.807, 2.05) is 24.3 Å². The predicted molar refractivity (Wildman–Crippen MR) is 94.0 cm³/mol. The lowest BCUT2D eigenvalue weighted by atomic mass is 10.1. The molecule has 5 nitrogen and oxygen atoms in total. The van der Waals surface area contributed by atoms with Gasteiger partial charge in [0.15, 0.2) is 0 Å². The van der Waals surface area contributed by atoms with Crippen LogP contribution in [0.25, 0.3) is 0 Å². The van der Waals surface area contributed by atoms with Gasteiger partial charge in [0.25, 0.3) is 0 Å². The van der Waals surface area contributed by atoms with E-state index in [0.29, 0.717) is 18.5 Å². The molecule has 6 heteroatoms. The number of carbonyl (C=O) groups excluding carboxylic acids is 2. The Bertz CT molecular complexity index is 714. The maximum atomic E-state index is 12.8. The Morgan fingerprint density at radius 1 is 1.08 bits per heavy atom. The highest BCUT2D eigenvalue weighted by Gasteiger charge is 2.13. The maximum Gasteiger partial charge on any atom is 0.243 e. The van der Waals surface area contributed by atoms with Gasteiger partial charge in [-0.05, 0) is 48.4 Å². The van der Waals surface area contributed by atoms with E-state index in [9.17, 15) is 14.0 Å². The Hall–Kier alpha value is -2.89. The van der Waals surface area contributed by atoms with E-state index >= 15 is 0 Å². The fraction of sp³-hybridized carbons (Fsp3) is 0.263. The number of nitrogens with zero attached hydrogens (tertiary/aromatic N) is 1. The number of carbonyl (C=O) groups is 2. The Labute approximate surface area is 146 Å². The summed E-state index contributed by atoms with van der Waals surface area (Å²) < 4.78 is 17.9. The number of anilines is 1. The quantitative estimate of drug-likeness (QED) is 0.840. The zero-order chi connectivity index (χ0) is 18.2. The third-order valence-corrected chi connectivity index (χ3v) is 3.72. The van der Waals surface area contributed by atoms with Gasteiger partial charge in [-0.15, -0.1) is 0 Å². The number of aryl methyl sites for hydroxylation is 1. The lowest BCUT2D eigenvalue weighted by Crippen LogP contribution is -2.35. The standard InChI is InChI=1S/C19H21FN2O3/c1-22(13-18(23)21-16-8-6-15(20)7-9-16)19(24)12-5-14-3-10-17(25-2)11-4-14/h3-4,6-11H,5,12-13H2,1-2H3,(H,21,23). The van der Waals surface area contributed by atoms with Crippen molar-refractivity contribution in [3.05, 3.63) is 59.9 Å². The number of benzene rings is 2. The summed E-state index contributed by atoms with van der Waals surface area (Å²) in [6.45, 7) is -0.0567. The molecule has 0 radical (unpaired) electrons. The molecule has 0 saturated carbocycles. The molecule has 2 aromatic carbocycles. The molecule has 1 N–H and O–H groups in total. The van der Waals surface area contributed by atoms with Crippen molar-refractivity contribution in [3.8, 4) is 5.75 Å². The molecule has 2 rings (SSSR count). The summed E-state index contributed by atoms with van der Waals surface area (Å²) in [5.41, 5.74) is 1.52. The molecule has 0 fully saturated rings. The number of hydrogen-bond donors (Lipinski definition) is 1. The van der Waals surface area contributed by atoms with E-state index in [-0.39, 0.29) is 24.2 Å². The molecule has 0 saturated heterocycles. The molecule has 0 bridgehead atoms. The van der Waals surface area contributed by atoms with Crippen molar-refractivity contribution in [1.82, 2.24) is 4.90 Å². The molecule has 0 heterocycles. The van der Waals surface area contributed by atoms with E-state index < -0.39 is 0 Å². The van der Waals surface area contributed by atoms with Gasteiger partial charge in [0, 0.05) is 19.2 Å². The van der Waals surface area contributed by atoms with Crippen LogP contribution in [0.1, 0.15) is 12.0 Å². The Balaban J connectivity index is 1.78. The highest BCUT2D eigenvalue weighted by Crippen LogP contribution is 2.13. The number of halogens is 1. The van der Waals surface area contributed by atoms with Crippen molar-refractivity contribution in [1.29, 1.82) is 0 Å². The van der Waals surface area contributed by atoms with Crippen LogP contribution in [0.15, 0.2) is 48.5 Å². The molecule has 0 atom stereocenters. The second-order valence-corrected chi connectivity index (χ2v) is 5.65. The second-order valence-electron chi connectivity index (χ2n) is 5.65. The van der Waals surface area contributed by atoms with Gasteiger partial charge in [-0.3, -0.25) is 9.59 Å². The van der Waals surface area contributed by atoms with Gasteiger partial charge < -0.3 is 15.0 Å². The molecule has 2 aromatic rings. The largest absolute Gasteiger partial charge is 0.497 e. The fourth-order valence-electron chi connectivity index (χ4n) is 2.27. The maximum absolute atomic E-state index is 12.8. The average Bonchev–Trinajstić information content (AvgIpc) is 2.62. The van der Waals surface area contributed by atoms with Gasteiger partial charge in [0.1, 0.15) is 11.6 Å². The number of ether oxygens (including phenoxy) is 1. The number of amides is 2. The summed E-state index contributed by atoms with van der Waals surface area (Å²) >= 11 is 0. The van der Waals surface area contributed by atoms with Crippen LogP contribution in [-0.2, 0) is 16.0 Å². The summed E-state index contributed by atoms with van der Waals surface area (Å²) in [6, 6.07) is 13.0. The monoisotopic (exact) mass is 344 g/mol. The second kappa shape index (κ2) is 8.82. The number of nitrogens with one attached hydrogen (secondary N) is 1. The van der Waals surface area contributed by atoms with Crippen LogP contribution in [0.2, 0.25) is 0 Å². The molecule has 0 aliphatic carbocycles. The zero-order valence-electron chi connectivity index (χ0n) is 14.3. The SMILES string of the molecule is COc1ccc(CCC(=O)N(C)CC(=O)Nc2ccc(F)cc2)cc1. The molecule has 2 amide bonds. The van der Waals surface area contributed by atoms with E-state index in [1.54, 1.807) is 14.2 Å². The van der Waals surface area contributed by atoms with Crippen LogP contribution in [0, 0.1) is 5.82 Å². The first-order valence-corrected chi connectivity index (χ1v) is 7.90. The minimum Gasteiger partial charge on any atom is -0.497 e. The van der Waals surface area contributed by atoms with Gasteiger partial charge >= 0.3 is 0 Å². The van der Waals surface area contributed by atoms with Crippen LogP contribution < -0.4 is 10.1 Å².